The first-order valence-corrected chi connectivity index (χ1v) is 10.7. The molecule has 0 fully saturated rings. The van der Waals surface area contributed by atoms with Gasteiger partial charge in [-0.25, -0.2) is 0 Å². The summed E-state index contributed by atoms with van der Waals surface area (Å²) in [5.41, 5.74) is 3.11. The molecule has 2 aromatic carbocycles. The van der Waals surface area contributed by atoms with Crippen LogP contribution in [0.2, 0.25) is 0 Å². The standard InChI is InChI=1S/C25H27NO5/c1-5-7-10-26-22(16-8-9-17(27)18(13-16)30-6-2)21-23(28)20-15(4)11-14(3)12-19(20)31-24(21)25(26)29/h8-9,11-13,22,27H,5-7,10H2,1-4H3. The molecule has 2 heterocycles. The summed E-state index contributed by atoms with van der Waals surface area (Å²) in [6.07, 6.45) is 1.72. The largest absolute Gasteiger partial charge is 0.504 e. The summed E-state index contributed by atoms with van der Waals surface area (Å²) in [6.45, 7) is 8.60. The number of rotatable bonds is 6. The van der Waals surface area contributed by atoms with Gasteiger partial charge >= 0.3 is 0 Å². The lowest BCUT2D eigenvalue weighted by molar-refractivity contribution is 0.0725. The third-order valence-corrected chi connectivity index (χ3v) is 5.76. The van der Waals surface area contributed by atoms with Gasteiger partial charge in [-0.1, -0.05) is 25.5 Å². The lowest BCUT2D eigenvalue weighted by Gasteiger charge is -2.25. The van der Waals surface area contributed by atoms with Gasteiger partial charge in [-0.15, -0.1) is 0 Å². The van der Waals surface area contributed by atoms with E-state index in [9.17, 15) is 14.7 Å². The van der Waals surface area contributed by atoms with Crippen molar-refractivity contribution in [2.75, 3.05) is 13.2 Å². The van der Waals surface area contributed by atoms with Crippen LogP contribution in [0, 0.1) is 13.8 Å². The normalized spacial score (nSPS) is 15.5. The number of carbonyl (C=O) groups is 1. The Morgan fingerprint density at radius 3 is 2.61 bits per heavy atom. The van der Waals surface area contributed by atoms with Gasteiger partial charge in [-0.2, -0.15) is 0 Å². The van der Waals surface area contributed by atoms with Crippen LogP contribution in [0.4, 0.5) is 0 Å². The molecule has 0 saturated carbocycles. The molecule has 31 heavy (non-hydrogen) atoms. The van der Waals surface area contributed by atoms with Crippen LogP contribution in [0.1, 0.15) is 65.5 Å². The Bertz CT molecular complexity index is 1230. The molecule has 4 rings (SSSR count). The number of fused-ring (bicyclic) bond motifs is 2. The number of phenolic OH excluding ortho intramolecular Hbond substituents is 1. The second kappa shape index (κ2) is 8.10. The molecular formula is C25H27NO5. The van der Waals surface area contributed by atoms with Crippen LogP contribution in [0.25, 0.3) is 11.0 Å². The minimum Gasteiger partial charge on any atom is -0.504 e. The first-order chi connectivity index (χ1) is 14.9. The van der Waals surface area contributed by atoms with Crippen molar-refractivity contribution in [1.82, 2.24) is 4.90 Å². The molecule has 1 unspecified atom stereocenters. The molecule has 1 atom stereocenters. The van der Waals surface area contributed by atoms with Crippen LogP contribution in [0.3, 0.4) is 0 Å². The molecule has 0 radical (unpaired) electrons. The maximum atomic E-state index is 13.7. The quantitative estimate of drug-likeness (QED) is 0.615. The van der Waals surface area contributed by atoms with Gasteiger partial charge in [0.1, 0.15) is 5.58 Å². The van der Waals surface area contributed by atoms with Gasteiger partial charge in [0.2, 0.25) is 5.76 Å². The monoisotopic (exact) mass is 421 g/mol. The molecule has 0 saturated heterocycles. The summed E-state index contributed by atoms with van der Waals surface area (Å²) >= 11 is 0. The SMILES string of the molecule is CCCCN1C(=O)c2oc3cc(C)cc(C)c3c(=O)c2C1c1ccc(O)c(OCC)c1. The molecule has 6 heteroatoms. The van der Waals surface area contributed by atoms with Crippen molar-refractivity contribution in [3.05, 3.63) is 68.6 Å². The molecule has 162 valence electrons. The Labute approximate surface area is 181 Å². The summed E-state index contributed by atoms with van der Waals surface area (Å²) in [6, 6.07) is 8.13. The summed E-state index contributed by atoms with van der Waals surface area (Å²) in [5.74, 6) is 0.174. The topological polar surface area (TPSA) is 80.0 Å². The van der Waals surface area contributed by atoms with Crippen LogP contribution >= 0.6 is 0 Å². The highest BCUT2D eigenvalue weighted by molar-refractivity contribution is 5.99. The van der Waals surface area contributed by atoms with E-state index in [-0.39, 0.29) is 22.8 Å². The first-order valence-electron chi connectivity index (χ1n) is 10.7. The summed E-state index contributed by atoms with van der Waals surface area (Å²) < 4.78 is 11.6. The number of ether oxygens (including phenoxy) is 1. The maximum absolute atomic E-state index is 13.7. The van der Waals surface area contributed by atoms with Crippen molar-refractivity contribution < 1.29 is 19.1 Å². The number of hydrogen-bond donors (Lipinski definition) is 1. The van der Waals surface area contributed by atoms with Gasteiger partial charge < -0.3 is 19.2 Å². The number of hydrogen-bond acceptors (Lipinski definition) is 5. The van der Waals surface area contributed by atoms with E-state index in [1.54, 1.807) is 23.1 Å². The van der Waals surface area contributed by atoms with Crippen molar-refractivity contribution in [2.24, 2.45) is 0 Å². The summed E-state index contributed by atoms with van der Waals surface area (Å²) in [5, 5.41) is 10.6. The highest BCUT2D eigenvalue weighted by Crippen LogP contribution is 2.41. The predicted octanol–water partition coefficient (Wildman–Crippen LogP) is 4.86. The van der Waals surface area contributed by atoms with E-state index >= 15 is 0 Å². The van der Waals surface area contributed by atoms with Gasteiger partial charge in [0, 0.05) is 6.54 Å². The van der Waals surface area contributed by atoms with Crippen molar-refractivity contribution >= 4 is 16.9 Å². The number of phenols is 1. The Morgan fingerprint density at radius 1 is 1.13 bits per heavy atom. The second-order valence-electron chi connectivity index (χ2n) is 8.04. The summed E-state index contributed by atoms with van der Waals surface area (Å²) in [4.78, 5) is 28.7. The molecule has 1 aromatic heterocycles. The number of nitrogens with zero attached hydrogens (tertiary/aromatic N) is 1. The fraction of sp³-hybridized carbons (Fsp3) is 0.360. The third-order valence-electron chi connectivity index (χ3n) is 5.76. The molecule has 1 aliphatic heterocycles. The molecular weight excluding hydrogens is 394 g/mol. The number of unbranched alkanes of at least 4 members (excludes halogenated alkanes) is 1. The molecule has 0 bridgehead atoms. The maximum Gasteiger partial charge on any atom is 0.290 e. The molecule has 1 amide bonds. The van der Waals surface area contributed by atoms with E-state index in [1.807, 2.05) is 26.8 Å². The predicted molar refractivity (Wildman–Crippen MR) is 119 cm³/mol. The fourth-order valence-corrected chi connectivity index (χ4v) is 4.39. The Balaban J connectivity index is 1.98. The minimum atomic E-state index is -0.588. The number of benzene rings is 2. The Morgan fingerprint density at radius 2 is 1.90 bits per heavy atom. The van der Waals surface area contributed by atoms with Crippen molar-refractivity contribution in [3.8, 4) is 11.5 Å². The van der Waals surface area contributed by atoms with E-state index in [0.29, 0.717) is 41.0 Å². The lowest BCUT2D eigenvalue weighted by atomic mass is 9.96. The Kier molecular flexibility index (Phi) is 5.48. The molecule has 1 aliphatic rings. The van der Waals surface area contributed by atoms with Gasteiger partial charge in [0.05, 0.1) is 23.6 Å². The van der Waals surface area contributed by atoms with Gasteiger partial charge in [0.25, 0.3) is 5.91 Å². The van der Waals surface area contributed by atoms with Crippen LogP contribution in [0.5, 0.6) is 11.5 Å². The van der Waals surface area contributed by atoms with E-state index in [4.69, 9.17) is 9.15 Å². The average Bonchev–Trinajstić information content (AvgIpc) is 3.00. The minimum absolute atomic E-state index is 0.0205. The van der Waals surface area contributed by atoms with Crippen LogP contribution in [0.15, 0.2) is 39.5 Å². The van der Waals surface area contributed by atoms with E-state index in [0.717, 1.165) is 24.0 Å². The second-order valence-corrected chi connectivity index (χ2v) is 8.04. The summed E-state index contributed by atoms with van der Waals surface area (Å²) in [7, 11) is 0. The highest BCUT2D eigenvalue weighted by Gasteiger charge is 2.42. The van der Waals surface area contributed by atoms with Crippen molar-refractivity contribution in [1.29, 1.82) is 0 Å². The number of carbonyl (C=O) groups excluding carboxylic acids is 1. The highest BCUT2D eigenvalue weighted by atomic mass is 16.5. The molecule has 6 nitrogen and oxygen atoms in total. The van der Waals surface area contributed by atoms with Crippen LogP contribution in [-0.2, 0) is 0 Å². The average molecular weight is 421 g/mol. The van der Waals surface area contributed by atoms with Crippen LogP contribution < -0.4 is 10.2 Å². The molecule has 1 N–H and O–H groups in total. The van der Waals surface area contributed by atoms with Crippen molar-refractivity contribution in [2.45, 2.75) is 46.6 Å². The van der Waals surface area contributed by atoms with E-state index in [2.05, 4.69) is 6.92 Å². The number of aryl methyl sites for hydroxylation is 2. The van der Waals surface area contributed by atoms with E-state index < -0.39 is 6.04 Å². The number of aromatic hydroxyl groups is 1. The zero-order valence-electron chi connectivity index (χ0n) is 18.3. The Hall–Kier alpha value is -3.28. The van der Waals surface area contributed by atoms with Gasteiger partial charge in [0.15, 0.2) is 16.9 Å². The zero-order chi connectivity index (χ0) is 22.3. The smallest absolute Gasteiger partial charge is 0.290 e. The number of amides is 1. The first kappa shape index (κ1) is 21.0. The molecule has 3 aromatic rings. The van der Waals surface area contributed by atoms with Gasteiger partial charge in [-0.3, -0.25) is 9.59 Å². The molecule has 0 aliphatic carbocycles. The third kappa shape index (κ3) is 3.46. The van der Waals surface area contributed by atoms with E-state index in [1.165, 1.54) is 6.07 Å². The fourth-order valence-electron chi connectivity index (χ4n) is 4.39. The zero-order valence-corrected chi connectivity index (χ0v) is 18.3. The van der Waals surface area contributed by atoms with Crippen molar-refractivity contribution in [3.63, 3.8) is 0 Å². The lowest BCUT2D eigenvalue weighted by Crippen LogP contribution is -2.30. The van der Waals surface area contributed by atoms with Gasteiger partial charge in [-0.05, 0) is 62.1 Å². The van der Waals surface area contributed by atoms with Crippen LogP contribution in [-0.4, -0.2) is 29.1 Å². The molecule has 0 spiro atoms.